The van der Waals surface area contributed by atoms with Crippen molar-refractivity contribution in [3.63, 3.8) is 0 Å². The number of carbonyl (C=O) groups is 2. The first kappa shape index (κ1) is 22.7. The van der Waals surface area contributed by atoms with E-state index in [0.717, 1.165) is 16.0 Å². The second-order valence-corrected chi connectivity index (χ2v) is 8.11. The molecule has 1 heterocycles. The van der Waals surface area contributed by atoms with E-state index < -0.39 is 11.9 Å². The largest absolute Gasteiger partial charge is 0.493 e. The van der Waals surface area contributed by atoms with Crippen molar-refractivity contribution < 1.29 is 19.1 Å². The van der Waals surface area contributed by atoms with E-state index in [0.29, 0.717) is 27.1 Å². The molecule has 1 saturated heterocycles. The van der Waals surface area contributed by atoms with Crippen LogP contribution in [0.5, 0.6) is 11.5 Å². The highest BCUT2D eigenvalue weighted by Crippen LogP contribution is 2.34. The van der Waals surface area contributed by atoms with Gasteiger partial charge in [-0.1, -0.05) is 71.7 Å². The average Bonchev–Trinajstić information content (AvgIpc) is 3.07. The van der Waals surface area contributed by atoms with Gasteiger partial charge in [0.1, 0.15) is 12.3 Å². The first-order chi connectivity index (χ1) is 16.0. The van der Waals surface area contributed by atoms with E-state index in [1.165, 1.54) is 7.11 Å². The zero-order chi connectivity index (χ0) is 23.4. The van der Waals surface area contributed by atoms with Crippen molar-refractivity contribution in [2.75, 3.05) is 7.11 Å². The predicted octanol–water partition coefficient (Wildman–Crippen LogP) is 5.67. The summed E-state index contributed by atoms with van der Waals surface area (Å²) in [6.07, 6.45) is 1.58. The summed E-state index contributed by atoms with van der Waals surface area (Å²) in [5, 5.41) is 3.65. The molecule has 1 aliphatic heterocycles. The van der Waals surface area contributed by atoms with Crippen LogP contribution in [0.4, 0.5) is 4.79 Å². The average molecular weight is 483 g/mol. The van der Waals surface area contributed by atoms with Crippen LogP contribution in [0.15, 0.2) is 72.4 Å². The highest BCUT2D eigenvalue weighted by atomic mass is 35.5. The standard InChI is InChI=1S/C25H20Cl2N2O4/c1-32-22-9-5-8-17(23(22)33-15-18-10-11-19(26)13-20(18)27)12-21-24(30)29(25(31)28-21)14-16-6-3-2-4-7-16/h2-13H,14-15H2,1H3,(H,28,31)/b21-12+. The molecule has 0 saturated carbocycles. The Morgan fingerprint density at radius 3 is 2.52 bits per heavy atom. The van der Waals surface area contributed by atoms with E-state index >= 15 is 0 Å². The lowest BCUT2D eigenvalue weighted by atomic mass is 10.1. The summed E-state index contributed by atoms with van der Waals surface area (Å²) < 4.78 is 11.5. The van der Waals surface area contributed by atoms with Gasteiger partial charge in [-0.3, -0.25) is 9.69 Å². The first-order valence-corrected chi connectivity index (χ1v) is 10.8. The van der Waals surface area contributed by atoms with Gasteiger partial charge in [-0.2, -0.15) is 0 Å². The summed E-state index contributed by atoms with van der Waals surface area (Å²) in [5.41, 5.74) is 2.32. The number of nitrogens with zero attached hydrogens (tertiary/aromatic N) is 1. The van der Waals surface area contributed by atoms with Gasteiger partial charge in [0, 0.05) is 21.2 Å². The zero-order valence-electron chi connectivity index (χ0n) is 17.7. The lowest BCUT2D eigenvalue weighted by Crippen LogP contribution is -2.30. The van der Waals surface area contributed by atoms with E-state index in [1.807, 2.05) is 30.3 Å². The summed E-state index contributed by atoms with van der Waals surface area (Å²) in [6.45, 7) is 0.340. The van der Waals surface area contributed by atoms with Crippen LogP contribution in [-0.2, 0) is 17.9 Å². The third-order valence-electron chi connectivity index (χ3n) is 5.06. The van der Waals surface area contributed by atoms with Crippen LogP contribution < -0.4 is 14.8 Å². The molecular weight excluding hydrogens is 463 g/mol. The van der Waals surface area contributed by atoms with E-state index in [-0.39, 0.29) is 18.8 Å². The van der Waals surface area contributed by atoms with Gasteiger partial charge in [0.15, 0.2) is 11.5 Å². The van der Waals surface area contributed by atoms with Crippen molar-refractivity contribution in [3.05, 3.63) is 99.2 Å². The van der Waals surface area contributed by atoms with Gasteiger partial charge < -0.3 is 14.8 Å². The van der Waals surface area contributed by atoms with E-state index in [9.17, 15) is 9.59 Å². The highest BCUT2D eigenvalue weighted by molar-refractivity contribution is 6.35. The molecule has 1 aliphatic rings. The minimum absolute atomic E-state index is 0.151. The summed E-state index contributed by atoms with van der Waals surface area (Å²) in [5.74, 6) is 0.479. The summed E-state index contributed by atoms with van der Waals surface area (Å²) >= 11 is 12.2. The number of benzene rings is 3. The Morgan fingerprint density at radius 1 is 1.00 bits per heavy atom. The fourth-order valence-corrected chi connectivity index (χ4v) is 3.85. The minimum atomic E-state index is -0.478. The Labute approximate surface area is 201 Å². The molecule has 3 aromatic rings. The maximum Gasteiger partial charge on any atom is 0.329 e. The second kappa shape index (κ2) is 9.98. The molecule has 1 N–H and O–H groups in total. The number of nitrogens with one attached hydrogen (secondary N) is 1. The van der Waals surface area contributed by atoms with Crippen molar-refractivity contribution in [3.8, 4) is 11.5 Å². The zero-order valence-corrected chi connectivity index (χ0v) is 19.2. The van der Waals surface area contributed by atoms with E-state index in [4.69, 9.17) is 32.7 Å². The van der Waals surface area contributed by atoms with Gasteiger partial charge in [-0.05, 0) is 29.8 Å². The number of urea groups is 1. The number of rotatable bonds is 7. The van der Waals surface area contributed by atoms with E-state index in [1.54, 1.807) is 42.5 Å². The molecule has 168 valence electrons. The molecule has 33 heavy (non-hydrogen) atoms. The molecule has 0 aliphatic carbocycles. The molecule has 0 aromatic heterocycles. The molecule has 0 radical (unpaired) electrons. The van der Waals surface area contributed by atoms with Crippen LogP contribution in [0.2, 0.25) is 10.0 Å². The number of amides is 3. The van der Waals surface area contributed by atoms with Crippen LogP contribution in [-0.4, -0.2) is 23.9 Å². The monoisotopic (exact) mass is 482 g/mol. The first-order valence-electron chi connectivity index (χ1n) is 10.1. The molecule has 8 heteroatoms. The SMILES string of the molecule is COc1cccc(/C=C2/NC(=O)N(Cc3ccccc3)C2=O)c1OCc1ccc(Cl)cc1Cl. The molecule has 0 atom stereocenters. The molecule has 6 nitrogen and oxygen atoms in total. The van der Waals surface area contributed by atoms with Gasteiger partial charge in [0.05, 0.1) is 13.7 Å². The number of hydrogen-bond donors (Lipinski definition) is 1. The maximum absolute atomic E-state index is 12.9. The number of ether oxygens (including phenoxy) is 2. The quantitative estimate of drug-likeness (QED) is 0.347. The van der Waals surface area contributed by atoms with Gasteiger partial charge in [-0.25, -0.2) is 4.79 Å². The molecule has 0 bridgehead atoms. The fourth-order valence-electron chi connectivity index (χ4n) is 3.39. The number of para-hydroxylation sites is 1. The van der Waals surface area contributed by atoms with Crippen LogP contribution in [0.1, 0.15) is 16.7 Å². The molecule has 3 aromatic carbocycles. The maximum atomic E-state index is 12.9. The van der Waals surface area contributed by atoms with Crippen molar-refractivity contribution in [2.45, 2.75) is 13.2 Å². The summed E-state index contributed by atoms with van der Waals surface area (Å²) in [6, 6.07) is 19.3. The van der Waals surface area contributed by atoms with E-state index in [2.05, 4.69) is 5.32 Å². The third-order valence-corrected chi connectivity index (χ3v) is 5.65. The van der Waals surface area contributed by atoms with Crippen LogP contribution in [0.3, 0.4) is 0 Å². The van der Waals surface area contributed by atoms with Crippen molar-refractivity contribution in [1.29, 1.82) is 0 Å². The topological polar surface area (TPSA) is 67.9 Å². The van der Waals surface area contributed by atoms with Crippen LogP contribution in [0.25, 0.3) is 6.08 Å². The second-order valence-electron chi connectivity index (χ2n) is 7.27. The Hall–Kier alpha value is -3.48. The molecule has 4 rings (SSSR count). The third kappa shape index (κ3) is 5.13. The minimum Gasteiger partial charge on any atom is -0.493 e. The highest BCUT2D eigenvalue weighted by Gasteiger charge is 2.33. The Bertz CT molecular complexity index is 1230. The number of imide groups is 1. The fraction of sp³-hybridized carbons (Fsp3) is 0.120. The Morgan fingerprint density at radius 2 is 1.79 bits per heavy atom. The Kier molecular flexibility index (Phi) is 6.87. The molecule has 1 fully saturated rings. The summed E-state index contributed by atoms with van der Waals surface area (Å²) in [4.78, 5) is 26.5. The van der Waals surface area contributed by atoms with Gasteiger partial charge in [0.2, 0.25) is 0 Å². The molecule has 0 unspecified atom stereocenters. The molecule has 0 spiro atoms. The number of methoxy groups -OCH3 is 1. The van der Waals surface area contributed by atoms with Crippen LogP contribution >= 0.6 is 23.2 Å². The van der Waals surface area contributed by atoms with Crippen molar-refractivity contribution in [1.82, 2.24) is 10.2 Å². The lowest BCUT2D eigenvalue weighted by Gasteiger charge is -2.14. The van der Waals surface area contributed by atoms with Crippen LogP contribution in [0, 0.1) is 0 Å². The molecule has 3 amide bonds. The number of halogens is 2. The van der Waals surface area contributed by atoms with Gasteiger partial charge in [0.25, 0.3) is 5.91 Å². The normalized spacial score (nSPS) is 14.5. The van der Waals surface area contributed by atoms with Crippen molar-refractivity contribution >= 4 is 41.2 Å². The lowest BCUT2D eigenvalue weighted by molar-refractivity contribution is -0.123. The predicted molar refractivity (Wildman–Crippen MR) is 127 cm³/mol. The Balaban J connectivity index is 1.59. The molecular formula is C25H20Cl2N2O4. The number of hydrogen-bond acceptors (Lipinski definition) is 4. The smallest absolute Gasteiger partial charge is 0.329 e. The number of carbonyl (C=O) groups excluding carboxylic acids is 2. The van der Waals surface area contributed by atoms with Crippen molar-refractivity contribution in [2.24, 2.45) is 0 Å². The van der Waals surface area contributed by atoms with Gasteiger partial charge >= 0.3 is 6.03 Å². The van der Waals surface area contributed by atoms with Gasteiger partial charge in [-0.15, -0.1) is 0 Å². The summed E-state index contributed by atoms with van der Waals surface area (Å²) in [7, 11) is 1.53.